The number of nitrogens with one attached hydrogen (secondary N) is 3. The van der Waals surface area contributed by atoms with Gasteiger partial charge in [-0.15, -0.1) is 24.0 Å². The van der Waals surface area contributed by atoms with Gasteiger partial charge < -0.3 is 16.0 Å². The number of fused-ring (bicyclic) bond motifs is 2. The van der Waals surface area contributed by atoms with Gasteiger partial charge in [0.1, 0.15) is 0 Å². The Kier molecular flexibility index (Phi) is 6.92. The minimum atomic E-state index is -2.86. The number of aliphatic imine (C=N–C) groups is 1. The summed E-state index contributed by atoms with van der Waals surface area (Å²) in [6.07, 6.45) is 7.26. The monoisotopic (exact) mass is 510 g/mol. The Morgan fingerprint density at radius 2 is 2.00 bits per heavy atom. The standard InChI is InChI=1S/C18H30N4O3S.HI/c23-17-4-3-15(10-19-17)21-18(20-9-13-5-6-26(24,25)11-13)22-16-8-12-1-2-14(16)7-12;/h12-16H,1-11H2,(H,19,23)(H2,20,21,22);1H. The van der Waals surface area contributed by atoms with Crippen LogP contribution in [0.3, 0.4) is 0 Å². The highest BCUT2D eigenvalue weighted by Crippen LogP contribution is 2.44. The number of nitrogens with zero attached hydrogens (tertiary/aromatic N) is 1. The maximum atomic E-state index is 11.7. The minimum Gasteiger partial charge on any atom is -0.354 e. The van der Waals surface area contributed by atoms with Crippen LogP contribution < -0.4 is 16.0 Å². The lowest BCUT2D eigenvalue weighted by Gasteiger charge is -2.29. The molecule has 5 unspecified atom stereocenters. The highest BCUT2D eigenvalue weighted by atomic mass is 127. The number of rotatable bonds is 4. The summed E-state index contributed by atoms with van der Waals surface area (Å²) in [6, 6.07) is 0.662. The van der Waals surface area contributed by atoms with Gasteiger partial charge in [0.2, 0.25) is 5.91 Å². The molecule has 0 aromatic rings. The second-order valence-electron chi connectivity index (χ2n) is 8.57. The van der Waals surface area contributed by atoms with Gasteiger partial charge >= 0.3 is 0 Å². The van der Waals surface area contributed by atoms with Gasteiger partial charge in [-0.3, -0.25) is 9.79 Å². The third-order valence-electron chi connectivity index (χ3n) is 6.50. The van der Waals surface area contributed by atoms with Gasteiger partial charge in [0.25, 0.3) is 0 Å². The van der Waals surface area contributed by atoms with Crippen LogP contribution in [0.2, 0.25) is 0 Å². The second kappa shape index (κ2) is 8.84. The molecular formula is C18H31IN4O3S. The summed E-state index contributed by atoms with van der Waals surface area (Å²) in [6.45, 7) is 1.17. The topological polar surface area (TPSA) is 99.7 Å². The van der Waals surface area contributed by atoms with Crippen molar-refractivity contribution in [2.24, 2.45) is 22.7 Å². The van der Waals surface area contributed by atoms with Gasteiger partial charge in [0, 0.05) is 31.6 Å². The Morgan fingerprint density at radius 1 is 1.15 bits per heavy atom. The zero-order valence-electron chi connectivity index (χ0n) is 15.7. The lowest BCUT2D eigenvalue weighted by Crippen LogP contribution is -2.54. The van der Waals surface area contributed by atoms with E-state index in [0.717, 1.165) is 24.2 Å². The van der Waals surface area contributed by atoms with Gasteiger partial charge in [-0.25, -0.2) is 8.42 Å². The van der Waals surface area contributed by atoms with E-state index in [2.05, 4.69) is 16.0 Å². The van der Waals surface area contributed by atoms with Crippen molar-refractivity contribution in [3.05, 3.63) is 0 Å². The summed E-state index contributed by atoms with van der Waals surface area (Å²) in [7, 11) is -2.86. The molecular weight excluding hydrogens is 479 g/mol. The van der Waals surface area contributed by atoms with Gasteiger partial charge in [-0.1, -0.05) is 6.42 Å². The van der Waals surface area contributed by atoms with Crippen LogP contribution in [0.15, 0.2) is 4.99 Å². The van der Waals surface area contributed by atoms with Crippen LogP contribution in [0.25, 0.3) is 0 Å². The molecule has 2 heterocycles. The Bertz CT molecular complexity index is 674. The van der Waals surface area contributed by atoms with E-state index >= 15 is 0 Å². The second-order valence-corrected chi connectivity index (χ2v) is 10.8. The number of guanidine groups is 1. The highest BCUT2D eigenvalue weighted by Gasteiger charge is 2.40. The van der Waals surface area contributed by atoms with Crippen LogP contribution in [0, 0.1) is 17.8 Å². The minimum absolute atomic E-state index is 0. The molecule has 2 aliphatic heterocycles. The molecule has 0 aromatic heterocycles. The van der Waals surface area contributed by atoms with Crippen molar-refractivity contribution < 1.29 is 13.2 Å². The average Bonchev–Trinajstić information content (AvgIpc) is 3.30. The molecule has 4 rings (SSSR count). The first-order chi connectivity index (χ1) is 12.5. The van der Waals surface area contributed by atoms with Crippen molar-refractivity contribution in [1.82, 2.24) is 16.0 Å². The predicted molar refractivity (Wildman–Crippen MR) is 116 cm³/mol. The summed E-state index contributed by atoms with van der Waals surface area (Å²) in [5.74, 6) is 3.19. The van der Waals surface area contributed by atoms with Crippen LogP contribution >= 0.6 is 24.0 Å². The smallest absolute Gasteiger partial charge is 0.220 e. The fraction of sp³-hybridized carbons (Fsp3) is 0.889. The molecule has 4 fully saturated rings. The molecule has 0 aromatic carbocycles. The lowest BCUT2D eigenvalue weighted by molar-refractivity contribution is -0.122. The molecule has 2 aliphatic carbocycles. The molecule has 2 bridgehead atoms. The first-order valence-corrected chi connectivity index (χ1v) is 11.8. The van der Waals surface area contributed by atoms with E-state index in [-0.39, 0.29) is 47.6 Å². The fourth-order valence-corrected chi connectivity index (χ4v) is 6.87. The molecule has 7 nitrogen and oxygen atoms in total. The number of halogens is 1. The van der Waals surface area contributed by atoms with Crippen molar-refractivity contribution in [1.29, 1.82) is 0 Å². The summed E-state index contributed by atoms with van der Waals surface area (Å²) < 4.78 is 23.4. The van der Waals surface area contributed by atoms with E-state index in [9.17, 15) is 13.2 Å². The number of carbonyl (C=O) groups is 1. The van der Waals surface area contributed by atoms with E-state index in [1.807, 2.05) is 0 Å². The lowest BCUT2D eigenvalue weighted by atomic mass is 9.95. The Balaban J connectivity index is 0.00000210. The van der Waals surface area contributed by atoms with Crippen LogP contribution in [0.5, 0.6) is 0 Å². The zero-order valence-corrected chi connectivity index (χ0v) is 18.8. The predicted octanol–water partition coefficient (Wildman–Crippen LogP) is 1.04. The quantitative estimate of drug-likeness (QED) is 0.298. The third kappa shape index (κ3) is 5.48. The van der Waals surface area contributed by atoms with Gasteiger partial charge in [-0.2, -0.15) is 0 Å². The molecule has 5 atom stereocenters. The molecule has 154 valence electrons. The molecule has 0 spiro atoms. The molecule has 3 N–H and O–H groups in total. The summed E-state index contributed by atoms with van der Waals surface area (Å²) in [5, 5.41) is 10.0. The number of hydrogen-bond donors (Lipinski definition) is 3. The number of hydrogen-bond acceptors (Lipinski definition) is 4. The Morgan fingerprint density at radius 3 is 2.59 bits per heavy atom. The third-order valence-corrected chi connectivity index (χ3v) is 8.34. The zero-order chi connectivity index (χ0) is 18.1. The number of sulfone groups is 1. The number of carbonyl (C=O) groups excluding carboxylic acids is 1. The SMILES string of the molecule is I.O=C1CCC(NC(=NCC2CCS(=O)(=O)C2)NC2CC3CCC2C3)CN1. The van der Waals surface area contributed by atoms with Crippen LogP contribution in [0.4, 0.5) is 0 Å². The van der Waals surface area contributed by atoms with E-state index in [1.165, 1.54) is 25.7 Å². The van der Waals surface area contributed by atoms with Crippen molar-refractivity contribution in [3.63, 3.8) is 0 Å². The molecule has 2 saturated heterocycles. The van der Waals surface area contributed by atoms with Crippen molar-refractivity contribution >= 4 is 45.7 Å². The normalized spacial score (nSPS) is 37.6. The van der Waals surface area contributed by atoms with Gasteiger partial charge in [0.05, 0.1) is 11.5 Å². The molecule has 0 radical (unpaired) electrons. The molecule has 2 saturated carbocycles. The van der Waals surface area contributed by atoms with E-state index in [4.69, 9.17) is 4.99 Å². The summed E-state index contributed by atoms with van der Waals surface area (Å²) in [4.78, 5) is 16.1. The molecule has 4 aliphatic rings. The Hall–Kier alpha value is -0.580. The maximum Gasteiger partial charge on any atom is 0.220 e. The number of piperidine rings is 1. The molecule has 9 heteroatoms. The van der Waals surface area contributed by atoms with Gasteiger partial charge in [-0.05, 0) is 49.9 Å². The van der Waals surface area contributed by atoms with Crippen molar-refractivity contribution in [3.8, 4) is 0 Å². The maximum absolute atomic E-state index is 11.7. The van der Waals surface area contributed by atoms with Gasteiger partial charge in [0.15, 0.2) is 15.8 Å². The van der Waals surface area contributed by atoms with Crippen LogP contribution in [0.1, 0.15) is 44.9 Å². The average molecular weight is 510 g/mol. The molecule has 27 heavy (non-hydrogen) atoms. The van der Waals surface area contributed by atoms with Crippen molar-refractivity contribution in [2.75, 3.05) is 24.6 Å². The fourth-order valence-electron chi connectivity index (χ4n) is 5.02. The Labute approximate surface area is 178 Å². The first kappa shape index (κ1) is 21.1. The van der Waals surface area contributed by atoms with E-state index in [1.54, 1.807) is 0 Å². The molecule has 1 amide bonds. The summed E-state index contributed by atoms with van der Waals surface area (Å²) in [5.41, 5.74) is 0. The van der Waals surface area contributed by atoms with Crippen LogP contribution in [-0.2, 0) is 14.6 Å². The van der Waals surface area contributed by atoms with Crippen LogP contribution in [-0.4, -0.2) is 57.0 Å². The van der Waals surface area contributed by atoms with E-state index < -0.39 is 9.84 Å². The van der Waals surface area contributed by atoms with E-state index in [0.29, 0.717) is 37.7 Å². The highest BCUT2D eigenvalue weighted by molar-refractivity contribution is 14.0. The largest absolute Gasteiger partial charge is 0.354 e. The first-order valence-electron chi connectivity index (χ1n) is 10.0. The number of amides is 1. The van der Waals surface area contributed by atoms with Crippen molar-refractivity contribution in [2.45, 2.75) is 57.0 Å². The summed E-state index contributed by atoms with van der Waals surface area (Å²) >= 11 is 0.